The van der Waals surface area contributed by atoms with Gasteiger partial charge in [-0.05, 0) is 51.2 Å². The number of fused-ring (bicyclic) bond motifs is 1. The SMILES string of the molecule is N#CN([O-])C(=N)c1ccc(-c2ccc3ccc(-c4ccc(-c5cc(-c6ccccc6)nc(-c6ccccc6)n5)cc4)cc3c2)cc1. The summed E-state index contributed by atoms with van der Waals surface area (Å²) in [6, 6.07) is 50.5. The molecule has 218 valence electrons. The molecule has 0 bridgehead atoms. The molecule has 0 saturated heterocycles. The van der Waals surface area contributed by atoms with E-state index in [1.165, 1.54) is 6.19 Å². The Hall–Kier alpha value is -6.42. The van der Waals surface area contributed by atoms with Crippen molar-refractivity contribution >= 4 is 16.6 Å². The lowest BCUT2D eigenvalue weighted by atomic mass is 9.96. The first kappa shape index (κ1) is 28.4. The molecular formula is C40H26N5O-. The number of aromatic nitrogens is 2. The van der Waals surface area contributed by atoms with Crippen LogP contribution in [0, 0.1) is 22.1 Å². The van der Waals surface area contributed by atoms with Crippen LogP contribution in [0.1, 0.15) is 5.56 Å². The summed E-state index contributed by atoms with van der Waals surface area (Å²) in [5, 5.41) is 30.4. The van der Waals surface area contributed by atoms with Gasteiger partial charge in [-0.2, -0.15) is 5.26 Å². The van der Waals surface area contributed by atoms with Gasteiger partial charge >= 0.3 is 0 Å². The fourth-order valence-electron chi connectivity index (χ4n) is 5.50. The summed E-state index contributed by atoms with van der Waals surface area (Å²) in [5.74, 6) is 0.310. The maximum Gasteiger partial charge on any atom is 0.174 e. The summed E-state index contributed by atoms with van der Waals surface area (Å²) in [7, 11) is 0. The third kappa shape index (κ3) is 5.74. The van der Waals surface area contributed by atoms with Gasteiger partial charge in [-0.25, -0.2) is 9.97 Å². The number of amidine groups is 1. The number of benzene rings is 6. The van der Waals surface area contributed by atoms with Gasteiger partial charge in [-0.1, -0.05) is 133 Å². The molecule has 0 unspecified atom stereocenters. The average molecular weight is 593 g/mol. The van der Waals surface area contributed by atoms with Crippen LogP contribution in [0.15, 0.2) is 152 Å². The second-order valence-electron chi connectivity index (χ2n) is 10.9. The van der Waals surface area contributed by atoms with E-state index >= 15 is 0 Å². The molecule has 46 heavy (non-hydrogen) atoms. The van der Waals surface area contributed by atoms with Crippen LogP contribution in [0.2, 0.25) is 0 Å². The number of hydroxylamine groups is 2. The van der Waals surface area contributed by atoms with Crippen LogP contribution in [0.25, 0.3) is 66.9 Å². The van der Waals surface area contributed by atoms with Crippen LogP contribution >= 0.6 is 0 Å². The van der Waals surface area contributed by atoms with Gasteiger partial charge in [0, 0.05) is 22.3 Å². The van der Waals surface area contributed by atoms with E-state index in [2.05, 4.69) is 72.8 Å². The molecule has 0 spiro atoms. The molecule has 0 aliphatic heterocycles. The minimum Gasteiger partial charge on any atom is -0.744 e. The summed E-state index contributed by atoms with van der Waals surface area (Å²) in [5.41, 5.74) is 9.32. The van der Waals surface area contributed by atoms with Crippen LogP contribution in [0.3, 0.4) is 0 Å². The molecule has 0 radical (unpaired) electrons. The van der Waals surface area contributed by atoms with Gasteiger partial charge in [0.15, 0.2) is 12.0 Å². The predicted molar refractivity (Wildman–Crippen MR) is 184 cm³/mol. The average Bonchev–Trinajstić information content (AvgIpc) is 3.14. The van der Waals surface area contributed by atoms with E-state index < -0.39 is 0 Å². The van der Waals surface area contributed by atoms with Gasteiger partial charge in [0.1, 0.15) is 5.84 Å². The lowest BCUT2D eigenvalue weighted by Crippen LogP contribution is -2.19. The van der Waals surface area contributed by atoms with Crippen molar-refractivity contribution in [3.8, 4) is 62.3 Å². The Morgan fingerprint density at radius 2 is 0.978 bits per heavy atom. The monoisotopic (exact) mass is 592 g/mol. The van der Waals surface area contributed by atoms with E-state index in [4.69, 9.17) is 20.6 Å². The summed E-state index contributed by atoms with van der Waals surface area (Å²) in [6.07, 6.45) is 1.42. The highest BCUT2D eigenvalue weighted by atomic mass is 16.5. The summed E-state index contributed by atoms with van der Waals surface area (Å²) < 4.78 is 0. The van der Waals surface area contributed by atoms with E-state index in [0.717, 1.165) is 61.1 Å². The fraction of sp³-hybridized carbons (Fsp3) is 0. The number of nitrogens with zero attached hydrogens (tertiary/aromatic N) is 4. The van der Waals surface area contributed by atoms with E-state index in [-0.39, 0.29) is 10.9 Å². The minimum absolute atomic E-state index is 0.00337. The number of rotatable bonds is 6. The fourth-order valence-corrected chi connectivity index (χ4v) is 5.50. The Balaban J connectivity index is 1.19. The quantitative estimate of drug-likeness (QED) is 0.0681. The second-order valence-corrected chi connectivity index (χ2v) is 10.9. The highest BCUT2D eigenvalue weighted by molar-refractivity contribution is 5.98. The lowest BCUT2D eigenvalue weighted by Gasteiger charge is -2.20. The normalized spacial score (nSPS) is 10.8. The highest BCUT2D eigenvalue weighted by Crippen LogP contribution is 2.32. The van der Waals surface area contributed by atoms with Crippen molar-refractivity contribution in [2.45, 2.75) is 0 Å². The van der Waals surface area contributed by atoms with Crippen molar-refractivity contribution in [3.63, 3.8) is 0 Å². The van der Waals surface area contributed by atoms with Crippen molar-refractivity contribution in [3.05, 3.63) is 162 Å². The highest BCUT2D eigenvalue weighted by Gasteiger charge is 2.11. The van der Waals surface area contributed by atoms with Gasteiger partial charge in [0.05, 0.1) is 11.4 Å². The minimum atomic E-state index is -0.379. The Labute approximate surface area is 266 Å². The number of hydrogen-bond acceptors (Lipinski definition) is 5. The number of hydrogen-bond donors (Lipinski definition) is 1. The Morgan fingerprint density at radius 1 is 0.522 bits per heavy atom. The van der Waals surface area contributed by atoms with Gasteiger partial charge in [0.25, 0.3) is 0 Å². The molecule has 0 atom stereocenters. The molecule has 6 heteroatoms. The molecule has 0 aliphatic carbocycles. The number of nitriles is 1. The van der Waals surface area contributed by atoms with Crippen molar-refractivity contribution in [2.75, 3.05) is 0 Å². The molecule has 1 aromatic heterocycles. The molecule has 1 heterocycles. The van der Waals surface area contributed by atoms with Crippen LogP contribution in [-0.2, 0) is 0 Å². The first-order chi connectivity index (χ1) is 22.6. The third-order valence-electron chi connectivity index (χ3n) is 7.97. The zero-order chi connectivity index (χ0) is 31.5. The topological polar surface area (TPSA) is 99.7 Å². The van der Waals surface area contributed by atoms with E-state index in [1.807, 2.05) is 66.7 Å². The molecule has 1 N–H and O–H groups in total. The molecule has 0 aliphatic rings. The molecule has 6 nitrogen and oxygen atoms in total. The maximum absolute atomic E-state index is 11.5. The molecular weight excluding hydrogens is 566 g/mol. The van der Waals surface area contributed by atoms with Crippen LogP contribution in [0.5, 0.6) is 0 Å². The summed E-state index contributed by atoms with van der Waals surface area (Å²) in [6.45, 7) is 0. The summed E-state index contributed by atoms with van der Waals surface area (Å²) >= 11 is 0. The number of nitrogens with one attached hydrogen (secondary N) is 1. The van der Waals surface area contributed by atoms with E-state index in [9.17, 15) is 5.21 Å². The van der Waals surface area contributed by atoms with Crippen LogP contribution in [-0.4, -0.2) is 20.9 Å². The third-order valence-corrected chi connectivity index (χ3v) is 7.97. The molecule has 7 aromatic rings. The lowest BCUT2D eigenvalue weighted by molar-refractivity contribution is 0.782. The second kappa shape index (κ2) is 12.3. The zero-order valence-corrected chi connectivity index (χ0v) is 24.6. The molecule has 7 rings (SSSR count). The molecule has 0 fully saturated rings. The van der Waals surface area contributed by atoms with Crippen molar-refractivity contribution in [1.82, 2.24) is 15.0 Å². The van der Waals surface area contributed by atoms with Gasteiger partial charge in [-0.3, -0.25) is 5.41 Å². The molecule has 6 aromatic carbocycles. The van der Waals surface area contributed by atoms with Gasteiger partial charge in [0.2, 0.25) is 0 Å². The first-order valence-electron chi connectivity index (χ1n) is 14.8. The molecule has 0 saturated carbocycles. The van der Waals surface area contributed by atoms with Crippen molar-refractivity contribution in [1.29, 1.82) is 10.7 Å². The molecule has 0 amide bonds. The summed E-state index contributed by atoms with van der Waals surface area (Å²) in [4.78, 5) is 9.85. The maximum atomic E-state index is 11.5. The van der Waals surface area contributed by atoms with E-state index in [0.29, 0.717) is 11.4 Å². The van der Waals surface area contributed by atoms with Crippen molar-refractivity contribution in [2.24, 2.45) is 0 Å². The van der Waals surface area contributed by atoms with Gasteiger partial charge in [-0.15, -0.1) is 0 Å². The van der Waals surface area contributed by atoms with Crippen LogP contribution < -0.4 is 0 Å². The Kier molecular flexibility index (Phi) is 7.58. The van der Waals surface area contributed by atoms with Gasteiger partial charge < -0.3 is 10.3 Å². The smallest absolute Gasteiger partial charge is 0.174 e. The Bertz CT molecular complexity index is 2170. The van der Waals surface area contributed by atoms with Crippen LogP contribution in [0.4, 0.5) is 0 Å². The standard InChI is InChI=1S/C40H26N5O/c41-26-45(46)39(42)32-19-13-28(14-20-32)35-22-16-29-15-21-34(23-36(29)24-35)27-11-17-31(18-12-27)38-25-37(30-7-3-1-4-8-30)43-40(44-38)33-9-5-2-6-10-33/h1-25,42H/q-1. The largest absolute Gasteiger partial charge is 0.744 e. The van der Waals surface area contributed by atoms with E-state index in [1.54, 1.807) is 12.1 Å². The van der Waals surface area contributed by atoms with Crippen molar-refractivity contribution < 1.29 is 0 Å². The predicted octanol–water partition coefficient (Wildman–Crippen LogP) is 9.57. The zero-order valence-electron chi connectivity index (χ0n) is 24.6. The Morgan fingerprint density at radius 3 is 1.52 bits per heavy atom. The first-order valence-corrected chi connectivity index (χ1v) is 14.8.